The number of aliphatic hydroxyl groups is 1. The summed E-state index contributed by atoms with van der Waals surface area (Å²) < 4.78 is 68.6. The van der Waals surface area contributed by atoms with Crippen molar-refractivity contribution in [3.05, 3.63) is 58.9 Å². The molecule has 2 aromatic rings. The molecule has 1 fully saturated rings. The highest BCUT2D eigenvalue weighted by atomic mass is 32.2. The van der Waals surface area contributed by atoms with Gasteiger partial charge in [0.15, 0.2) is 11.6 Å². The number of anilines is 1. The lowest BCUT2D eigenvalue weighted by Crippen LogP contribution is -2.42. The SMILES string of the molecule is Cc1cc(NC(=O)c2ccc(F)c(S(=O)(=O)N3CCCCC(C)(O)C3)c2)cc(F)c1F. The molecule has 0 bridgehead atoms. The van der Waals surface area contributed by atoms with E-state index in [4.69, 9.17) is 0 Å². The van der Waals surface area contributed by atoms with Gasteiger partial charge in [-0.15, -0.1) is 0 Å². The highest BCUT2D eigenvalue weighted by Crippen LogP contribution is 2.28. The van der Waals surface area contributed by atoms with E-state index in [0.29, 0.717) is 19.3 Å². The summed E-state index contributed by atoms with van der Waals surface area (Å²) in [5.41, 5.74) is -1.48. The topological polar surface area (TPSA) is 86.7 Å². The van der Waals surface area contributed by atoms with Crippen molar-refractivity contribution in [1.82, 2.24) is 4.31 Å². The standard InChI is InChI=1S/C21H23F3N2O4S/c1-13-9-15(11-17(23)19(13)24)25-20(27)14-5-6-16(22)18(10-14)31(29,30)26-8-4-3-7-21(2,28)12-26/h5-6,9-11,28H,3-4,7-8,12H2,1-2H3,(H,25,27). The van der Waals surface area contributed by atoms with Crippen molar-refractivity contribution in [2.45, 2.75) is 43.6 Å². The number of nitrogens with zero attached hydrogens (tertiary/aromatic N) is 1. The molecule has 0 spiro atoms. The summed E-state index contributed by atoms with van der Waals surface area (Å²) in [6.07, 6.45) is 1.54. The number of carbonyl (C=O) groups excluding carboxylic acids is 1. The number of hydrogen-bond acceptors (Lipinski definition) is 4. The summed E-state index contributed by atoms with van der Waals surface area (Å²) in [6, 6.07) is 4.85. The van der Waals surface area contributed by atoms with E-state index in [-0.39, 0.29) is 29.9 Å². The number of carbonyl (C=O) groups is 1. The molecule has 2 aromatic carbocycles. The van der Waals surface area contributed by atoms with E-state index in [1.165, 1.54) is 19.9 Å². The van der Waals surface area contributed by atoms with Gasteiger partial charge in [-0.3, -0.25) is 4.79 Å². The second-order valence-electron chi connectivity index (χ2n) is 7.98. The second kappa shape index (κ2) is 8.60. The summed E-state index contributed by atoms with van der Waals surface area (Å²) in [5, 5.41) is 12.7. The van der Waals surface area contributed by atoms with E-state index >= 15 is 0 Å². The van der Waals surface area contributed by atoms with E-state index in [0.717, 1.165) is 28.6 Å². The van der Waals surface area contributed by atoms with Gasteiger partial charge in [0.2, 0.25) is 10.0 Å². The first-order chi connectivity index (χ1) is 14.4. The van der Waals surface area contributed by atoms with Crippen LogP contribution in [0.1, 0.15) is 42.1 Å². The van der Waals surface area contributed by atoms with Crippen molar-refractivity contribution in [3.8, 4) is 0 Å². The minimum Gasteiger partial charge on any atom is -0.389 e. The van der Waals surface area contributed by atoms with Crippen LogP contribution >= 0.6 is 0 Å². The van der Waals surface area contributed by atoms with E-state index in [9.17, 15) is 31.5 Å². The Kier molecular flexibility index (Phi) is 6.45. The molecule has 1 saturated heterocycles. The number of sulfonamides is 1. The summed E-state index contributed by atoms with van der Waals surface area (Å²) >= 11 is 0. The molecule has 0 radical (unpaired) electrons. The van der Waals surface area contributed by atoms with Gasteiger partial charge in [-0.1, -0.05) is 0 Å². The van der Waals surface area contributed by atoms with Crippen LogP contribution in [0.15, 0.2) is 35.2 Å². The average Bonchev–Trinajstić information content (AvgIpc) is 2.87. The van der Waals surface area contributed by atoms with Gasteiger partial charge >= 0.3 is 0 Å². The first-order valence-corrected chi connectivity index (χ1v) is 11.1. The van der Waals surface area contributed by atoms with E-state index in [2.05, 4.69) is 5.32 Å². The van der Waals surface area contributed by atoms with Gasteiger partial charge in [0.25, 0.3) is 5.91 Å². The Morgan fingerprint density at radius 2 is 1.84 bits per heavy atom. The molecule has 1 atom stereocenters. The van der Waals surface area contributed by atoms with Gasteiger partial charge in [0, 0.05) is 30.4 Å². The van der Waals surface area contributed by atoms with Crippen LogP contribution in [0.25, 0.3) is 0 Å². The van der Waals surface area contributed by atoms with E-state index < -0.39 is 43.9 Å². The molecule has 1 heterocycles. The fraction of sp³-hybridized carbons (Fsp3) is 0.381. The first kappa shape index (κ1) is 23.2. The lowest BCUT2D eigenvalue weighted by atomic mass is 10.0. The first-order valence-electron chi connectivity index (χ1n) is 9.70. The van der Waals surface area contributed by atoms with Gasteiger partial charge in [-0.2, -0.15) is 4.31 Å². The number of amides is 1. The van der Waals surface area contributed by atoms with Crippen molar-refractivity contribution >= 4 is 21.6 Å². The zero-order chi connectivity index (χ0) is 23.0. The van der Waals surface area contributed by atoms with E-state index in [1.807, 2.05) is 0 Å². The maximum atomic E-state index is 14.5. The van der Waals surface area contributed by atoms with Crippen LogP contribution in [0.2, 0.25) is 0 Å². The zero-order valence-electron chi connectivity index (χ0n) is 17.1. The van der Waals surface area contributed by atoms with Crippen molar-refractivity contribution in [2.24, 2.45) is 0 Å². The van der Waals surface area contributed by atoms with Crippen molar-refractivity contribution < 1.29 is 31.5 Å². The quantitative estimate of drug-likeness (QED) is 0.736. The van der Waals surface area contributed by atoms with Crippen molar-refractivity contribution in [1.29, 1.82) is 0 Å². The van der Waals surface area contributed by atoms with Crippen LogP contribution in [0.4, 0.5) is 18.9 Å². The second-order valence-corrected chi connectivity index (χ2v) is 9.89. The number of rotatable bonds is 4. The van der Waals surface area contributed by atoms with Crippen LogP contribution in [0.3, 0.4) is 0 Å². The van der Waals surface area contributed by atoms with Crippen LogP contribution in [-0.4, -0.2) is 42.4 Å². The Bertz CT molecular complexity index is 1100. The predicted molar refractivity (Wildman–Crippen MR) is 109 cm³/mol. The lowest BCUT2D eigenvalue weighted by Gasteiger charge is -2.28. The van der Waals surface area contributed by atoms with Crippen molar-refractivity contribution in [3.63, 3.8) is 0 Å². The highest BCUT2D eigenvalue weighted by Gasteiger charge is 2.35. The number of β-amino-alcohol motifs (C(OH)–C–C–N with tert-alkyl or cyclic N) is 1. The Hall–Kier alpha value is -2.43. The summed E-state index contributed by atoms with van der Waals surface area (Å²) in [7, 11) is -4.33. The zero-order valence-corrected chi connectivity index (χ0v) is 17.9. The summed E-state index contributed by atoms with van der Waals surface area (Å²) in [5.74, 6) is -4.04. The normalized spacial score (nSPS) is 20.3. The van der Waals surface area contributed by atoms with E-state index in [1.54, 1.807) is 0 Å². The molecular weight excluding hydrogens is 433 g/mol. The number of benzene rings is 2. The average molecular weight is 456 g/mol. The van der Waals surface area contributed by atoms with Crippen LogP contribution in [0.5, 0.6) is 0 Å². The molecule has 10 heteroatoms. The predicted octanol–water partition coefficient (Wildman–Crippen LogP) is 3.59. The molecule has 31 heavy (non-hydrogen) atoms. The van der Waals surface area contributed by atoms with Crippen LogP contribution < -0.4 is 5.32 Å². The maximum Gasteiger partial charge on any atom is 0.255 e. The Morgan fingerprint density at radius 3 is 2.52 bits per heavy atom. The molecule has 1 unspecified atom stereocenters. The maximum absolute atomic E-state index is 14.5. The molecule has 2 N–H and O–H groups in total. The molecule has 1 aliphatic rings. The summed E-state index contributed by atoms with van der Waals surface area (Å²) in [4.78, 5) is 11.9. The third-order valence-corrected chi connectivity index (χ3v) is 7.03. The van der Waals surface area contributed by atoms with Gasteiger partial charge in [-0.25, -0.2) is 21.6 Å². The van der Waals surface area contributed by atoms with Crippen LogP contribution in [-0.2, 0) is 10.0 Å². The molecule has 1 amide bonds. The van der Waals surface area contributed by atoms with Gasteiger partial charge in [0.1, 0.15) is 10.7 Å². The van der Waals surface area contributed by atoms with Gasteiger partial charge < -0.3 is 10.4 Å². The molecule has 6 nitrogen and oxygen atoms in total. The smallest absolute Gasteiger partial charge is 0.255 e. The Balaban J connectivity index is 1.91. The molecule has 1 aliphatic heterocycles. The van der Waals surface area contributed by atoms with Gasteiger partial charge in [-0.05, 0) is 62.9 Å². The molecule has 0 aromatic heterocycles. The highest BCUT2D eigenvalue weighted by molar-refractivity contribution is 7.89. The monoisotopic (exact) mass is 456 g/mol. The lowest BCUT2D eigenvalue weighted by molar-refractivity contribution is 0.0407. The Morgan fingerprint density at radius 1 is 1.13 bits per heavy atom. The molecule has 168 valence electrons. The number of aryl methyl sites for hydroxylation is 1. The van der Waals surface area contributed by atoms with Gasteiger partial charge in [0.05, 0.1) is 5.60 Å². The minimum atomic E-state index is -4.33. The fourth-order valence-corrected chi connectivity index (χ4v) is 5.21. The number of nitrogens with one attached hydrogen (secondary N) is 1. The minimum absolute atomic E-state index is 0.0223. The fourth-order valence-electron chi connectivity index (χ4n) is 3.52. The Labute approximate surface area is 178 Å². The third kappa shape index (κ3) is 5.08. The number of hydrogen-bond donors (Lipinski definition) is 2. The van der Waals surface area contributed by atoms with Crippen LogP contribution in [0, 0.1) is 24.4 Å². The molecule has 3 rings (SSSR count). The van der Waals surface area contributed by atoms with Crippen molar-refractivity contribution in [2.75, 3.05) is 18.4 Å². The molecule has 0 saturated carbocycles. The third-order valence-electron chi connectivity index (χ3n) is 5.17. The number of halogens is 3. The largest absolute Gasteiger partial charge is 0.389 e. The molecular formula is C21H23F3N2O4S. The summed E-state index contributed by atoms with van der Waals surface area (Å²) in [6.45, 7) is 2.76. The molecule has 0 aliphatic carbocycles.